The highest BCUT2D eigenvalue weighted by molar-refractivity contribution is 7.92. The van der Waals surface area contributed by atoms with Crippen LogP contribution in [0.25, 0.3) is 0 Å². The van der Waals surface area contributed by atoms with Gasteiger partial charge in [-0.2, -0.15) is 10.2 Å². The largest absolute Gasteiger partial charge is 0.362 e. The van der Waals surface area contributed by atoms with Crippen LogP contribution in [0.15, 0.2) is 62.4 Å². The van der Waals surface area contributed by atoms with Crippen LogP contribution >= 0.6 is 0 Å². The minimum atomic E-state index is -3.35. The molecule has 3 aliphatic heterocycles. The van der Waals surface area contributed by atoms with E-state index in [-0.39, 0.29) is 22.9 Å². The molecule has 0 bridgehead atoms. The Morgan fingerprint density at radius 2 is 2.00 bits per heavy atom. The second kappa shape index (κ2) is 6.51. The number of hydrogen-bond acceptors (Lipinski definition) is 6. The quantitative estimate of drug-likeness (QED) is 0.776. The first-order valence-corrected chi connectivity index (χ1v) is 12.4. The third-order valence-corrected chi connectivity index (χ3v) is 9.65. The van der Waals surface area contributed by atoms with Crippen molar-refractivity contribution in [2.45, 2.75) is 73.7 Å². The van der Waals surface area contributed by atoms with Crippen molar-refractivity contribution in [2.75, 3.05) is 7.05 Å². The summed E-state index contributed by atoms with van der Waals surface area (Å²) in [5.74, 6) is -0.0395. The summed E-state index contributed by atoms with van der Waals surface area (Å²) in [5.41, 5.74) is 2.18. The van der Waals surface area contributed by atoms with Crippen molar-refractivity contribution in [3.8, 4) is 0 Å². The number of benzene rings is 1. The van der Waals surface area contributed by atoms with Gasteiger partial charge in [-0.3, -0.25) is 4.79 Å². The van der Waals surface area contributed by atoms with Gasteiger partial charge in [0.25, 0.3) is 5.91 Å². The predicted molar refractivity (Wildman–Crippen MR) is 117 cm³/mol. The van der Waals surface area contributed by atoms with Crippen LogP contribution in [-0.4, -0.2) is 43.2 Å². The number of carbonyl (C=O) groups is 1. The molecule has 164 valence electrons. The molecule has 1 aliphatic carbocycles. The molecule has 0 radical (unpaired) electrons. The lowest BCUT2D eigenvalue weighted by atomic mass is 9.62. The van der Waals surface area contributed by atoms with Gasteiger partial charge in [0.1, 0.15) is 0 Å². The zero-order valence-electron chi connectivity index (χ0n) is 18.3. The Hall–Kier alpha value is -2.48. The summed E-state index contributed by atoms with van der Waals surface area (Å²) in [6, 6.07) is 7.18. The summed E-state index contributed by atoms with van der Waals surface area (Å²) in [5, 5.41) is 11.7. The second-order valence-electron chi connectivity index (χ2n) is 9.60. The van der Waals surface area contributed by atoms with Gasteiger partial charge in [-0.05, 0) is 50.8 Å². The van der Waals surface area contributed by atoms with Crippen molar-refractivity contribution in [1.29, 1.82) is 0 Å². The van der Waals surface area contributed by atoms with Crippen LogP contribution in [0.3, 0.4) is 0 Å². The van der Waals surface area contributed by atoms with E-state index >= 15 is 0 Å². The van der Waals surface area contributed by atoms with Crippen molar-refractivity contribution in [2.24, 2.45) is 10.2 Å². The van der Waals surface area contributed by atoms with E-state index in [1.54, 1.807) is 29.3 Å². The molecule has 3 heterocycles. The molecule has 2 unspecified atom stereocenters. The van der Waals surface area contributed by atoms with Gasteiger partial charge < -0.3 is 10.2 Å². The van der Waals surface area contributed by atoms with Crippen molar-refractivity contribution in [3.63, 3.8) is 0 Å². The first-order chi connectivity index (χ1) is 14.6. The number of likely N-dealkylation sites (N-methyl/N-ethyl adjacent to an activating group) is 1. The second-order valence-corrected chi connectivity index (χ2v) is 11.8. The summed E-state index contributed by atoms with van der Waals surface area (Å²) >= 11 is 0. The molecule has 2 atom stereocenters. The molecule has 8 heteroatoms. The number of fused-ring (bicyclic) bond motifs is 1. The third-order valence-electron chi connectivity index (χ3n) is 7.39. The maximum Gasteiger partial charge on any atom is 0.252 e. The van der Waals surface area contributed by atoms with Gasteiger partial charge in [-0.15, -0.1) is 0 Å². The molecule has 1 aromatic carbocycles. The highest BCUT2D eigenvalue weighted by Crippen LogP contribution is 2.52. The average molecular weight is 441 g/mol. The fourth-order valence-electron chi connectivity index (χ4n) is 5.23. The fraction of sp³-hybridized carbons (Fsp3) is 0.522. The lowest BCUT2D eigenvalue weighted by Crippen LogP contribution is -2.58. The highest BCUT2D eigenvalue weighted by Gasteiger charge is 2.54. The maximum atomic E-state index is 13.7. The number of hydrogen-bond donors (Lipinski definition) is 1. The summed E-state index contributed by atoms with van der Waals surface area (Å²) < 4.78 is 26.0. The van der Waals surface area contributed by atoms with Crippen molar-refractivity contribution < 1.29 is 13.2 Å². The number of azo groups is 1. The lowest BCUT2D eigenvalue weighted by Gasteiger charge is -2.51. The van der Waals surface area contributed by atoms with Crippen LogP contribution < -0.4 is 5.32 Å². The lowest BCUT2D eigenvalue weighted by molar-refractivity contribution is -0.132. The minimum Gasteiger partial charge on any atom is -0.362 e. The molecule has 0 saturated heterocycles. The van der Waals surface area contributed by atoms with E-state index in [1.165, 1.54) is 0 Å². The van der Waals surface area contributed by atoms with Gasteiger partial charge in [0.05, 0.1) is 27.3 Å². The molecule has 31 heavy (non-hydrogen) atoms. The Morgan fingerprint density at radius 3 is 2.68 bits per heavy atom. The maximum absolute atomic E-state index is 13.7. The highest BCUT2D eigenvalue weighted by atomic mass is 32.2. The Labute approximate surface area is 183 Å². The standard InChI is InChI=1S/C23H28N4O3S/c1-5-23(14-7-6-8-16(11-14)31(29,30)15-9-10-15)17-13-24-26-20(17)25-18-12-22(2,3)27(4)21(28)19(18)23/h6-8,11,13,15,20,25H,5,9-10,12H2,1-4H3. The zero-order valence-corrected chi connectivity index (χ0v) is 19.2. The number of rotatable bonds is 4. The van der Waals surface area contributed by atoms with Crippen LogP contribution in [0.4, 0.5) is 0 Å². The molecule has 1 fully saturated rings. The first-order valence-electron chi connectivity index (χ1n) is 10.9. The zero-order chi connectivity index (χ0) is 22.2. The van der Waals surface area contributed by atoms with E-state index in [4.69, 9.17) is 0 Å². The molecular formula is C23H28N4O3S. The van der Waals surface area contributed by atoms with Gasteiger partial charge in [-0.1, -0.05) is 19.1 Å². The van der Waals surface area contributed by atoms with E-state index in [1.807, 2.05) is 33.9 Å². The number of nitrogens with one attached hydrogen (secondary N) is 1. The van der Waals surface area contributed by atoms with Gasteiger partial charge in [0.2, 0.25) is 0 Å². The molecular weight excluding hydrogens is 412 g/mol. The molecule has 4 aliphatic rings. The Kier molecular flexibility index (Phi) is 4.29. The van der Waals surface area contributed by atoms with E-state index in [0.29, 0.717) is 36.2 Å². The SMILES string of the molecule is CCC1(c2cccc(S(=O)(=O)C3CC3)c2)C2=CN=NC2NC2=C1C(=O)N(C)C(C)(C)C2. The Bertz CT molecular complexity index is 1180. The molecule has 0 aromatic heterocycles. The molecule has 1 N–H and O–H groups in total. The summed E-state index contributed by atoms with van der Waals surface area (Å²) in [4.78, 5) is 15.9. The summed E-state index contributed by atoms with van der Waals surface area (Å²) in [6.45, 7) is 6.14. The average Bonchev–Trinajstić information content (AvgIpc) is 3.50. The Balaban J connectivity index is 1.75. The van der Waals surface area contributed by atoms with E-state index in [9.17, 15) is 13.2 Å². The first kappa shape index (κ1) is 20.4. The van der Waals surface area contributed by atoms with Crippen molar-refractivity contribution in [1.82, 2.24) is 10.2 Å². The topological polar surface area (TPSA) is 91.2 Å². The van der Waals surface area contributed by atoms with E-state index in [0.717, 1.165) is 16.8 Å². The van der Waals surface area contributed by atoms with Gasteiger partial charge in [-0.25, -0.2) is 8.42 Å². The molecule has 1 aromatic rings. The molecule has 1 saturated carbocycles. The van der Waals surface area contributed by atoms with Gasteiger partial charge in [0, 0.05) is 30.3 Å². The van der Waals surface area contributed by atoms with Crippen molar-refractivity contribution >= 4 is 15.7 Å². The van der Waals surface area contributed by atoms with Crippen LogP contribution in [0.2, 0.25) is 0 Å². The monoisotopic (exact) mass is 440 g/mol. The van der Waals surface area contributed by atoms with Crippen LogP contribution in [0, 0.1) is 0 Å². The van der Waals surface area contributed by atoms with Crippen LogP contribution in [0.1, 0.15) is 52.0 Å². The molecule has 1 amide bonds. The number of nitrogens with zero attached hydrogens (tertiary/aromatic N) is 3. The van der Waals surface area contributed by atoms with Gasteiger partial charge >= 0.3 is 0 Å². The minimum absolute atomic E-state index is 0.0395. The normalized spacial score (nSPS) is 29.4. The van der Waals surface area contributed by atoms with Crippen LogP contribution in [0.5, 0.6) is 0 Å². The molecule has 5 rings (SSSR count). The Morgan fingerprint density at radius 1 is 1.26 bits per heavy atom. The van der Waals surface area contributed by atoms with Gasteiger partial charge in [0.15, 0.2) is 16.0 Å². The molecule has 0 spiro atoms. The summed E-state index contributed by atoms with van der Waals surface area (Å²) in [7, 11) is -1.51. The smallest absolute Gasteiger partial charge is 0.252 e. The molecule has 7 nitrogen and oxygen atoms in total. The number of amides is 1. The fourth-order valence-corrected chi connectivity index (χ4v) is 6.94. The van der Waals surface area contributed by atoms with Crippen molar-refractivity contribution in [3.05, 3.63) is 52.9 Å². The van der Waals surface area contributed by atoms with E-state index in [2.05, 4.69) is 15.5 Å². The number of carbonyl (C=O) groups excluding carboxylic acids is 1. The van der Waals surface area contributed by atoms with Crippen LogP contribution in [-0.2, 0) is 20.0 Å². The summed E-state index contributed by atoms with van der Waals surface area (Å²) in [6.07, 6.45) is 4.11. The predicted octanol–water partition coefficient (Wildman–Crippen LogP) is 3.44. The third kappa shape index (κ3) is 2.76. The van der Waals surface area contributed by atoms with E-state index < -0.39 is 15.3 Å². The number of sulfone groups is 1.